The van der Waals surface area contributed by atoms with Crippen LogP contribution in [0, 0.1) is 12.7 Å². The van der Waals surface area contributed by atoms with E-state index in [9.17, 15) is 9.18 Å². The average Bonchev–Trinajstić information content (AvgIpc) is 2.93. The van der Waals surface area contributed by atoms with E-state index in [0.717, 1.165) is 24.8 Å². The summed E-state index contributed by atoms with van der Waals surface area (Å²) in [5.41, 5.74) is 1.15. The second kappa shape index (κ2) is 5.68. The minimum atomic E-state index is -0.275. The molecule has 1 atom stereocenters. The van der Waals surface area contributed by atoms with E-state index in [1.807, 2.05) is 6.07 Å². The molecule has 0 unspecified atom stereocenters. The van der Waals surface area contributed by atoms with Crippen LogP contribution in [0.2, 0.25) is 0 Å². The van der Waals surface area contributed by atoms with Gasteiger partial charge in [0.15, 0.2) is 5.69 Å². The highest BCUT2D eigenvalue weighted by atomic mass is 19.1. The second-order valence-corrected chi connectivity index (χ2v) is 5.39. The molecule has 0 aliphatic carbocycles. The average molecular weight is 288 g/mol. The number of hydrogen-bond donors (Lipinski definition) is 0. The Morgan fingerprint density at radius 2 is 2.24 bits per heavy atom. The van der Waals surface area contributed by atoms with Gasteiger partial charge < -0.3 is 9.42 Å². The number of likely N-dealkylation sites (tertiary alicyclic amines) is 1. The number of carbonyl (C=O) groups excluding carboxylic acids is 1. The first kappa shape index (κ1) is 13.8. The number of aryl methyl sites for hydroxylation is 1. The van der Waals surface area contributed by atoms with Gasteiger partial charge in [-0.15, -0.1) is 0 Å². The van der Waals surface area contributed by atoms with Crippen LogP contribution in [0.15, 0.2) is 34.9 Å². The zero-order valence-corrected chi connectivity index (χ0v) is 11.9. The maximum atomic E-state index is 13.4. The van der Waals surface area contributed by atoms with E-state index in [-0.39, 0.29) is 17.8 Å². The minimum absolute atomic E-state index is 0.0982. The van der Waals surface area contributed by atoms with Gasteiger partial charge in [0.25, 0.3) is 5.91 Å². The van der Waals surface area contributed by atoms with Crippen molar-refractivity contribution in [3.8, 4) is 0 Å². The van der Waals surface area contributed by atoms with Crippen molar-refractivity contribution in [2.45, 2.75) is 32.2 Å². The van der Waals surface area contributed by atoms with Crippen molar-refractivity contribution in [2.75, 3.05) is 6.54 Å². The Morgan fingerprint density at radius 3 is 2.95 bits per heavy atom. The maximum Gasteiger partial charge on any atom is 0.276 e. The summed E-state index contributed by atoms with van der Waals surface area (Å²) < 4.78 is 18.4. The first-order valence-corrected chi connectivity index (χ1v) is 7.15. The lowest BCUT2D eigenvalue weighted by Gasteiger charge is -2.35. The summed E-state index contributed by atoms with van der Waals surface area (Å²) >= 11 is 0. The van der Waals surface area contributed by atoms with E-state index in [1.165, 1.54) is 12.1 Å². The molecule has 4 nitrogen and oxygen atoms in total. The first-order chi connectivity index (χ1) is 10.1. The van der Waals surface area contributed by atoms with Crippen LogP contribution in [0.3, 0.4) is 0 Å². The zero-order chi connectivity index (χ0) is 14.8. The van der Waals surface area contributed by atoms with E-state index in [2.05, 4.69) is 5.16 Å². The van der Waals surface area contributed by atoms with Crippen LogP contribution in [-0.4, -0.2) is 22.5 Å². The largest absolute Gasteiger partial charge is 0.361 e. The van der Waals surface area contributed by atoms with E-state index in [1.54, 1.807) is 24.0 Å². The molecule has 1 saturated heterocycles. The summed E-state index contributed by atoms with van der Waals surface area (Å²) in [5.74, 6) is 0.182. The van der Waals surface area contributed by atoms with Crippen LogP contribution in [0.4, 0.5) is 4.39 Å². The number of nitrogens with zero attached hydrogens (tertiary/aromatic N) is 2. The second-order valence-electron chi connectivity index (χ2n) is 5.39. The summed E-state index contributed by atoms with van der Waals surface area (Å²) in [5, 5.41) is 3.80. The highest BCUT2D eigenvalue weighted by Crippen LogP contribution is 2.32. The number of carbonyl (C=O) groups is 1. The van der Waals surface area contributed by atoms with Gasteiger partial charge in [0.2, 0.25) is 0 Å². The lowest BCUT2D eigenvalue weighted by molar-refractivity contribution is 0.0600. The van der Waals surface area contributed by atoms with Gasteiger partial charge in [0.05, 0.1) is 6.04 Å². The fourth-order valence-electron chi connectivity index (χ4n) is 2.85. The number of halogens is 1. The number of piperidine rings is 1. The van der Waals surface area contributed by atoms with Gasteiger partial charge in [-0.25, -0.2) is 4.39 Å². The third kappa shape index (κ3) is 2.82. The fourth-order valence-corrected chi connectivity index (χ4v) is 2.85. The quantitative estimate of drug-likeness (QED) is 0.849. The van der Waals surface area contributed by atoms with Crippen molar-refractivity contribution in [1.29, 1.82) is 0 Å². The Morgan fingerprint density at radius 1 is 1.38 bits per heavy atom. The molecule has 1 fully saturated rings. The molecule has 1 amide bonds. The fraction of sp³-hybridized carbons (Fsp3) is 0.375. The zero-order valence-electron chi connectivity index (χ0n) is 11.9. The van der Waals surface area contributed by atoms with Crippen molar-refractivity contribution in [3.63, 3.8) is 0 Å². The van der Waals surface area contributed by atoms with Crippen LogP contribution in [0.25, 0.3) is 0 Å². The third-order valence-corrected chi connectivity index (χ3v) is 3.84. The van der Waals surface area contributed by atoms with Gasteiger partial charge in [-0.1, -0.05) is 17.3 Å². The van der Waals surface area contributed by atoms with Crippen LogP contribution in [0.5, 0.6) is 0 Å². The summed E-state index contributed by atoms with van der Waals surface area (Å²) in [6.07, 6.45) is 2.82. The number of rotatable bonds is 2. The maximum absolute atomic E-state index is 13.4. The molecule has 1 aliphatic rings. The van der Waals surface area contributed by atoms with Crippen molar-refractivity contribution in [3.05, 3.63) is 53.2 Å². The number of hydrogen-bond acceptors (Lipinski definition) is 3. The molecule has 0 bridgehead atoms. The predicted molar refractivity (Wildman–Crippen MR) is 75.3 cm³/mol. The van der Waals surface area contributed by atoms with Gasteiger partial charge in [-0.2, -0.15) is 0 Å². The normalized spacial score (nSPS) is 18.8. The molecular weight excluding hydrogens is 271 g/mol. The molecule has 3 rings (SSSR count). The number of benzene rings is 1. The highest BCUT2D eigenvalue weighted by Gasteiger charge is 2.30. The molecule has 2 heterocycles. The van der Waals surface area contributed by atoms with E-state index >= 15 is 0 Å². The van der Waals surface area contributed by atoms with Crippen LogP contribution < -0.4 is 0 Å². The molecule has 5 heteroatoms. The highest BCUT2D eigenvalue weighted by molar-refractivity contribution is 5.92. The lowest BCUT2D eigenvalue weighted by atomic mass is 9.95. The number of aromatic nitrogens is 1. The molecule has 0 N–H and O–H groups in total. The number of amides is 1. The van der Waals surface area contributed by atoms with Crippen LogP contribution in [0.1, 0.15) is 47.1 Å². The van der Waals surface area contributed by atoms with Crippen molar-refractivity contribution in [1.82, 2.24) is 10.1 Å². The molecule has 110 valence electrons. The Balaban J connectivity index is 1.89. The van der Waals surface area contributed by atoms with E-state index < -0.39 is 0 Å². The lowest BCUT2D eigenvalue weighted by Crippen LogP contribution is -2.38. The predicted octanol–water partition coefficient (Wildman–Crippen LogP) is 3.49. The molecule has 0 saturated carbocycles. The van der Waals surface area contributed by atoms with E-state index in [4.69, 9.17) is 4.52 Å². The Hall–Kier alpha value is -2.17. The molecule has 2 aromatic rings. The van der Waals surface area contributed by atoms with Gasteiger partial charge >= 0.3 is 0 Å². The Kier molecular flexibility index (Phi) is 3.73. The summed E-state index contributed by atoms with van der Waals surface area (Å²) in [4.78, 5) is 14.4. The van der Waals surface area contributed by atoms with Crippen molar-refractivity contribution in [2.24, 2.45) is 0 Å². The Bertz CT molecular complexity index is 653. The standard InChI is InChI=1S/C16H17FN2O2/c1-11-9-14(18-21-11)16(20)19-8-3-2-7-15(19)12-5-4-6-13(17)10-12/h4-6,9-10,15H,2-3,7-8H2,1H3/t15-/m1/s1. The third-order valence-electron chi connectivity index (χ3n) is 3.84. The SMILES string of the molecule is Cc1cc(C(=O)N2CCCC[C@@H]2c2cccc(F)c2)no1. The summed E-state index contributed by atoms with van der Waals surface area (Å²) in [7, 11) is 0. The molecule has 21 heavy (non-hydrogen) atoms. The van der Waals surface area contributed by atoms with Crippen molar-refractivity contribution >= 4 is 5.91 Å². The topological polar surface area (TPSA) is 46.3 Å². The minimum Gasteiger partial charge on any atom is -0.361 e. The smallest absolute Gasteiger partial charge is 0.276 e. The summed E-state index contributed by atoms with van der Waals surface area (Å²) in [6.45, 7) is 2.41. The molecule has 0 spiro atoms. The van der Waals surface area contributed by atoms with E-state index in [0.29, 0.717) is 18.0 Å². The van der Waals surface area contributed by atoms with Gasteiger partial charge in [0, 0.05) is 12.6 Å². The first-order valence-electron chi connectivity index (χ1n) is 7.15. The van der Waals surface area contributed by atoms with Crippen LogP contribution in [-0.2, 0) is 0 Å². The summed E-state index contributed by atoms with van der Waals surface area (Å²) in [6, 6.07) is 8.01. The molecular formula is C16H17FN2O2. The van der Waals surface area contributed by atoms with Gasteiger partial charge in [-0.05, 0) is 43.9 Å². The van der Waals surface area contributed by atoms with Gasteiger partial charge in [0.1, 0.15) is 11.6 Å². The molecule has 1 aromatic carbocycles. The molecule has 0 radical (unpaired) electrons. The van der Waals surface area contributed by atoms with Crippen molar-refractivity contribution < 1.29 is 13.7 Å². The molecule has 1 aromatic heterocycles. The Labute approximate surface area is 122 Å². The van der Waals surface area contributed by atoms with Gasteiger partial charge in [-0.3, -0.25) is 4.79 Å². The molecule has 1 aliphatic heterocycles. The van der Waals surface area contributed by atoms with Crippen LogP contribution >= 0.6 is 0 Å². The monoisotopic (exact) mass is 288 g/mol.